The minimum absolute atomic E-state index is 0.0788. The molecule has 0 aromatic heterocycles. The van der Waals surface area contributed by atoms with Gasteiger partial charge >= 0.3 is 0 Å². The molecular weight excluding hydrogens is 324 g/mol. The molecule has 1 heterocycles. The van der Waals surface area contributed by atoms with E-state index in [0.717, 1.165) is 0 Å². The molecule has 11 nitrogen and oxygen atoms in total. The van der Waals surface area contributed by atoms with Crippen LogP contribution in [-0.2, 0) is 9.47 Å². The fourth-order valence-corrected chi connectivity index (χ4v) is 3.21. The van der Waals surface area contributed by atoms with E-state index in [1.807, 2.05) is 0 Å². The molecular formula is C13H28N4O7. The summed E-state index contributed by atoms with van der Waals surface area (Å²) >= 11 is 0. The fourth-order valence-electron chi connectivity index (χ4n) is 3.21. The van der Waals surface area contributed by atoms with Crippen LogP contribution in [0, 0.1) is 0 Å². The van der Waals surface area contributed by atoms with Crippen molar-refractivity contribution in [3.05, 3.63) is 0 Å². The van der Waals surface area contributed by atoms with Crippen LogP contribution in [0.4, 0.5) is 0 Å². The summed E-state index contributed by atoms with van der Waals surface area (Å²) in [6.45, 7) is -0.0788. The van der Waals surface area contributed by atoms with Crippen molar-refractivity contribution in [1.82, 2.24) is 5.32 Å². The second-order valence-electron chi connectivity index (χ2n) is 6.30. The van der Waals surface area contributed by atoms with Gasteiger partial charge in [0, 0.05) is 6.54 Å². The van der Waals surface area contributed by atoms with Crippen molar-refractivity contribution >= 4 is 0 Å². The van der Waals surface area contributed by atoms with Crippen LogP contribution in [0.1, 0.15) is 0 Å². The molecule has 24 heavy (non-hydrogen) atoms. The molecule has 0 unspecified atom stereocenters. The molecule has 0 radical (unpaired) electrons. The Labute approximate surface area is 139 Å². The van der Waals surface area contributed by atoms with E-state index in [0.29, 0.717) is 0 Å². The van der Waals surface area contributed by atoms with E-state index in [-0.39, 0.29) is 6.54 Å². The largest absolute Gasteiger partial charge is 0.389 e. The molecule has 1 saturated carbocycles. The number of hydrogen-bond acceptors (Lipinski definition) is 11. The Bertz CT molecular complexity index is 418. The lowest BCUT2D eigenvalue weighted by Crippen LogP contribution is -2.72. The zero-order valence-corrected chi connectivity index (χ0v) is 13.3. The highest BCUT2D eigenvalue weighted by Gasteiger charge is 2.51. The van der Waals surface area contributed by atoms with Crippen LogP contribution in [0.2, 0.25) is 0 Å². The minimum atomic E-state index is -1.35. The third kappa shape index (κ3) is 3.43. The van der Waals surface area contributed by atoms with Crippen LogP contribution in [-0.4, -0.2) is 106 Å². The molecule has 1 aliphatic heterocycles. The van der Waals surface area contributed by atoms with Gasteiger partial charge in [-0.2, -0.15) is 0 Å². The van der Waals surface area contributed by atoms with Gasteiger partial charge in [0.2, 0.25) is 0 Å². The van der Waals surface area contributed by atoms with Crippen molar-refractivity contribution in [2.45, 2.75) is 67.1 Å². The lowest BCUT2D eigenvalue weighted by Gasteiger charge is -2.47. The van der Waals surface area contributed by atoms with Gasteiger partial charge < -0.3 is 57.5 Å². The zero-order chi connectivity index (χ0) is 18.2. The quantitative estimate of drug-likeness (QED) is 0.232. The van der Waals surface area contributed by atoms with Gasteiger partial charge in [0.05, 0.1) is 36.4 Å². The molecule has 2 fully saturated rings. The lowest BCUT2D eigenvalue weighted by atomic mass is 9.81. The molecule has 1 aliphatic carbocycles. The number of hydrogen-bond donors (Lipinski definition) is 9. The summed E-state index contributed by atoms with van der Waals surface area (Å²) in [5.74, 6) is 0. The average Bonchev–Trinajstić information content (AvgIpc) is 2.57. The van der Waals surface area contributed by atoms with Gasteiger partial charge in [0.25, 0.3) is 0 Å². The predicted molar refractivity (Wildman–Crippen MR) is 81.4 cm³/mol. The number of likely N-dealkylation sites (N-methyl/N-ethyl adjacent to an activating group) is 1. The van der Waals surface area contributed by atoms with E-state index < -0.39 is 67.1 Å². The van der Waals surface area contributed by atoms with Gasteiger partial charge in [-0.25, -0.2) is 0 Å². The highest BCUT2D eigenvalue weighted by molar-refractivity contribution is 5.05. The van der Waals surface area contributed by atoms with Crippen molar-refractivity contribution in [3.8, 4) is 0 Å². The predicted octanol–water partition coefficient (Wildman–Crippen LogP) is -5.88. The zero-order valence-electron chi connectivity index (χ0n) is 13.3. The molecule has 0 spiro atoms. The molecule has 0 aromatic carbocycles. The normalized spacial score (nSPS) is 53.1. The van der Waals surface area contributed by atoms with Gasteiger partial charge in [-0.15, -0.1) is 0 Å². The average molecular weight is 352 g/mol. The van der Waals surface area contributed by atoms with E-state index in [9.17, 15) is 25.5 Å². The van der Waals surface area contributed by atoms with Crippen LogP contribution >= 0.6 is 0 Å². The SMILES string of the molecule is CN[C@H]1[C@H](O)[C@@H](O)[C@H](N)[C@@H](O[C@H]2O[C@H](CN)[C@@H](O)[C@H](O)[C@H]2N)[C@@H]1O. The van der Waals surface area contributed by atoms with Crippen LogP contribution in [0.15, 0.2) is 0 Å². The Morgan fingerprint density at radius 1 is 0.917 bits per heavy atom. The van der Waals surface area contributed by atoms with Crippen molar-refractivity contribution in [2.75, 3.05) is 13.6 Å². The second kappa shape index (κ2) is 7.85. The molecule has 11 atom stereocenters. The highest BCUT2D eigenvalue weighted by Crippen LogP contribution is 2.27. The van der Waals surface area contributed by atoms with Gasteiger partial charge in [0.1, 0.15) is 24.4 Å². The fraction of sp³-hybridized carbons (Fsp3) is 1.00. The Balaban J connectivity index is 2.15. The molecule has 142 valence electrons. The van der Waals surface area contributed by atoms with E-state index in [1.54, 1.807) is 0 Å². The minimum Gasteiger partial charge on any atom is -0.389 e. The lowest BCUT2D eigenvalue weighted by molar-refractivity contribution is -0.291. The van der Waals surface area contributed by atoms with Crippen LogP contribution < -0.4 is 22.5 Å². The smallest absolute Gasteiger partial charge is 0.176 e. The Morgan fingerprint density at radius 3 is 2.04 bits per heavy atom. The Hall–Kier alpha value is -0.440. The summed E-state index contributed by atoms with van der Waals surface area (Å²) in [4.78, 5) is 0. The molecule has 12 N–H and O–H groups in total. The first-order valence-corrected chi connectivity index (χ1v) is 7.84. The van der Waals surface area contributed by atoms with Gasteiger partial charge in [-0.1, -0.05) is 0 Å². The Morgan fingerprint density at radius 2 is 1.50 bits per heavy atom. The van der Waals surface area contributed by atoms with Crippen LogP contribution in [0.25, 0.3) is 0 Å². The highest BCUT2D eigenvalue weighted by atomic mass is 16.7. The van der Waals surface area contributed by atoms with Crippen molar-refractivity contribution in [3.63, 3.8) is 0 Å². The second-order valence-corrected chi connectivity index (χ2v) is 6.30. The van der Waals surface area contributed by atoms with Gasteiger partial charge in [0.15, 0.2) is 6.29 Å². The molecule has 2 aliphatic rings. The molecule has 1 saturated heterocycles. The monoisotopic (exact) mass is 352 g/mol. The Kier molecular flexibility index (Phi) is 6.50. The third-order valence-corrected chi connectivity index (χ3v) is 4.80. The molecule has 11 heteroatoms. The van der Waals surface area contributed by atoms with E-state index >= 15 is 0 Å². The van der Waals surface area contributed by atoms with E-state index in [1.165, 1.54) is 7.05 Å². The number of aliphatic hydroxyl groups is 5. The van der Waals surface area contributed by atoms with E-state index in [2.05, 4.69) is 5.32 Å². The maximum absolute atomic E-state index is 10.4. The van der Waals surface area contributed by atoms with Crippen molar-refractivity contribution < 1.29 is 35.0 Å². The van der Waals surface area contributed by atoms with Crippen LogP contribution in [0.5, 0.6) is 0 Å². The number of aliphatic hydroxyl groups excluding tert-OH is 5. The maximum Gasteiger partial charge on any atom is 0.176 e. The summed E-state index contributed by atoms with van der Waals surface area (Å²) in [7, 11) is 1.51. The third-order valence-electron chi connectivity index (χ3n) is 4.80. The first kappa shape index (κ1) is 19.9. The first-order valence-electron chi connectivity index (χ1n) is 7.84. The number of rotatable bonds is 4. The summed E-state index contributed by atoms with van der Waals surface area (Å²) in [6.07, 6.45) is -9.75. The van der Waals surface area contributed by atoms with Crippen LogP contribution in [0.3, 0.4) is 0 Å². The summed E-state index contributed by atoms with van der Waals surface area (Å²) in [5, 5.41) is 52.9. The van der Waals surface area contributed by atoms with Gasteiger partial charge in [-0.3, -0.25) is 0 Å². The summed E-state index contributed by atoms with van der Waals surface area (Å²) in [6, 6.07) is -3.11. The van der Waals surface area contributed by atoms with Crippen molar-refractivity contribution in [1.29, 1.82) is 0 Å². The first-order chi connectivity index (χ1) is 11.2. The van der Waals surface area contributed by atoms with Crippen molar-refractivity contribution in [2.24, 2.45) is 17.2 Å². The summed E-state index contributed by atoms with van der Waals surface area (Å²) in [5.41, 5.74) is 17.2. The number of nitrogens with two attached hydrogens (primary N) is 3. The van der Waals surface area contributed by atoms with Gasteiger partial charge in [-0.05, 0) is 7.05 Å². The number of nitrogens with one attached hydrogen (secondary N) is 1. The molecule has 0 bridgehead atoms. The standard InChI is InChI=1S/C13H28N4O7/c1-17-6-10(21)8(19)4(15)12(11(6)22)24-13-5(16)9(20)7(18)3(2-14)23-13/h3-13,17-22H,2,14-16H2,1H3/t3-,4+,5-,6+,7-,8+,9-,10+,11-,12-,13-/m1/s1. The molecule has 0 amide bonds. The molecule has 0 aromatic rings. The maximum atomic E-state index is 10.4. The molecule has 2 rings (SSSR count). The van der Waals surface area contributed by atoms with E-state index in [4.69, 9.17) is 26.7 Å². The summed E-state index contributed by atoms with van der Waals surface area (Å²) < 4.78 is 11.1. The number of ether oxygens (including phenoxy) is 2. The topological polar surface area (TPSA) is 210 Å².